The first-order valence-corrected chi connectivity index (χ1v) is 5.31. The lowest BCUT2D eigenvalue weighted by Crippen LogP contribution is -2.17. The molecule has 0 spiro atoms. The number of rotatable bonds is 3. The standard InChI is InChI=1S/C6H11N3OS2/c1-6(2,12-11)3-4-8-5(7)10-9-4/h11H,3H2,1-2H3,(H2,7,8,9). The molecule has 0 bridgehead atoms. The highest BCUT2D eigenvalue weighted by Gasteiger charge is 2.20. The molecule has 1 aromatic rings. The second kappa shape index (κ2) is 3.57. The third-order valence-corrected chi connectivity index (χ3v) is 3.44. The highest BCUT2D eigenvalue weighted by Crippen LogP contribution is 2.30. The van der Waals surface area contributed by atoms with Crippen molar-refractivity contribution in [1.82, 2.24) is 10.1 Å². The summed E-state index contributed by atoms with van der Waals surface area (Å²) in [6.07, 6.45) is 0.696. The SMILES string of the molecule is CC(C)(Cc1noc(N)n1)SS. The highest BCUT2D eigenvalue weighted by molar-refractivity contribution is 8.69. The average molecular weight is 205 g/mol. The van der Waals surface area contributed by atoms with Gasteiger partial charge in [0, 0.05) is 11.2 Å². The molecule has 0 saturated heterocycles. The van der Waals surface area contributed by atoms with Crippen molar-refractivity contribution >= 4 is 28.5 Å². The minimum atomic E-state index is -0.000571. The number of anilines is 1. The van der Waals surface area contributed by atoms with Gasteiger partial charge in [0.1, 0.15) is 0 Å². The molecular weight excluding hydrogens is 194 g/mol. The summed E-state index contributed by atoms with van der Waals surface area (Å²) >= 11 is 4.14. The van der Waals surface area contributed by atoms with Gasteiger partial charge in [0.2, 0.25) is 0 Å². The van der Waals surface area contributed by atoms with E-state index < -0.39 is 0 Å². The Morgan fingerprint density at radius 1 is 1.67 bits per heavy atom. The molecule has 0 aromatic carbocycles. The van der Waals surface area contributed by atoms with E-state index in [9.17, 15) is 0 Å². The van der Waals surface area contributed by atoms with Gasteiger partial charge in [-0.3, -0.25) is 0 Å². The summed E-state index contributed by atoms with van der Waals surface area (Å²) in [6, 6.07) is 0.116. The molecule has 0 aliphatic rings. The smallest absolute Gasteiger partial charge is 0.318 e. The first kappa shape index (κ1) is 9.73. The number of thiol groups is 1. The van der Waals surface area contributed by atoms with Crippen molar-refractivity contribution in [3.05, 3.63) is 5.82 Å². The van der Waals surface area contributed by atoms with Crippen LogP contribution in [-0.4, -0.2) is 14.9 Å². The molecular formula is C6H11N3OS2. The molecule has 1 heterocycles. The maximum Gasteiger partial charge on any atom is 0.318 e. The lowest BCUT2D eigenvalue weighted by molar-refractivity contribution is 0.424. The molecule has 0 radical (unpaired) electrons. The van der Waals surface area contributed by atoms with Crippen LogP contribution in [0.3, 0.4) is 0 Å². The molecule has 0 aliphatic heterocycles. The van der Waals surface area contributed by atoms with Gasteiger partial charge in [-0.05, 0) is 13.8 Å². The maximum atomic E-state index is 5.27. The number of nitrogen functional groups attached to an aromatic ring is 1. The predicted molar refractivity (Wildman–Crippen MR) is 53.1 cm³/mol. The Kier molecular flexibility index (Phi) is 2.89. The fraction of sp³-hybridized carbons (Fsp3) is 0.667. The minimum absolute atomic E-state index is 0.000571. The molecule has 0 fully saturated rings. The lowest BCUT2D eigenvalue weighted by atomic mass is 10.1. The van der Waals surface area contributed by atoms with E-state index in [4.69, 9.17) is 5.73 Å². The Bertz CT molecular complexity index is 261. The molecule has 0 amide bonds. The Labute approximate surface area is 80.1 Å². The number of hydrogen-bond donors (Lipinski definition) is 2. The van der Waals surface area contributed by atoms with Crippen LogP contribution in [-0.2, 0) is 6.42 Å². The van der Waals surface area contributed by atoms with E-state index in [0.717, 1.165) is 0 Å². The molecule has 12 heavy (non-hydrogen) atoms. The van der Waals surface area contributed by atoms with E-state index >= 15 is 0 Å². The number of nitrogens with two attached hydrogens (primary N) is 1. The molecule has 4 nitrogen and oxygen atoms in total. The second-order valence-electron chi connectivity index (χ2n) is 3.08. The average Bonchev–Trinajstić information content (AvgIpc) is 2.35. The van der Waals surface area contributed by atoms with E-state index in [-0.39, 0.29) is 10.8 Å². The van der Waals surface area contributed by atoms with Gasteiger partial charge >= 0.3 is 6.01 Å². The maximum absolute atomic E-state index is 5.27. The highest BCUT2D eigenvalue weighted by atomic mass is 33.1. The van der Waals surface area contributed by atoms with Crippen LogP contribution < -0.4 is 5.73 Å². The molecule has 0 atom stereocenters. The third-order valence-electron chi connectivity index (χ3n) is 1.31. The summed E-state index contributed by atoms with van der Waals surface area (Å²) in [7, 11) is 1.46. The van der Waals surface area contributed by atoms with Crippen molar-refractivity contribution in [3.8, 4) is 0 Å². The van der Waals surface area contributed by atoms with Crippen LogP contribution in [0.15, 0.2) is 4.52 Å². The van der Waals surface area contributed by atoms with Gasteiger partial charge in [-0.15, -0.1) is 11.7 Å². The van der Waals surface area contributed by atoms with Crippen LogP contribution >= 0.6 is 22.5 Å². The first-order chi connectivity index (χ1) is 5.53. The van der Waals surface area contributed by atoms with Crippen molar-refractivity contribution in [2.45, 2.75) is 25.0 Å². The van der Waals surface area contributed by atoms with Gasteiger partial charge in [0.05, 0.1) is 0 Å². The summed E-state index contributed by atoms with van der Waals surface area (Å²) in [4.78, 5) is 3.90. The quantitative estimate of drug-likeness (QED) is 0.579. The van der Waals surface area contributed by atoms with Crippen LogP contribution in [0.1, 0.15) is 19.7 Å². The Morgan fingerprint density at radius 3 is 2.75 bits per heavy atom. The minimum Gasteiger partial charge on any atom is -0.351 e. The number of hydrogen-bond acceptors (Lipinski definition) is 6. The largest absolute Gasteiger partial charge is 0.351 e. The fourth-order valence-corrected chi connectivity index (χ4v) is 1.14. The third kappa shape index (κ3) is 2.60. The van der Waals surface area contributed by atoms with Gasteiger partial charge in [-0.1, -0.05) is 16.0 Å². The van der Waals surface area contributed by atoms with E-state index in [2.05, 4.69) is 40.2 Å². The monoisotopic (exact) mass is 205 g/mol. The molecule has 1 aromatic heterocycles. The molecule has 0 unspecified atom stereocenters. The summed E-state index contributed by atoms with van der Waals surface area (Å²) < 4.78 is 4.64. The second-order valence-corrected chi connectivity index (χ2v) is 4.91. The predicted octanol–water partition coefficient (Wildman–Crippen LogP) is 1.55. The van der Waals surface area contributed by atoms with E-state index in [1.54, 1.807) is 0 Å². The lowest BCUT2D eigenvalue weighted by Gasteiger charge is -2.17. The van der Waals surface area contributed by atoms with Gasteiger partial charge in [-0.2, -0.15) is 4.98 Å². The Hall–Kier alpha value is -0.360. The van der Waals surface area contributed by atoms with Crippen LogP contribution in [0.5, 0.6) is 0 Å². The first-order valence-electron chi connectivity index (χ1n) is 3.44. The van der Waals surface area contributed by atoms with Gasteiger partial charge in [0.15, 0.2) is 5.82 Å². The van der Waals surface area contributed by atoms with Crippen LogP contribution in [0.25, 0.3) is 0 Å². The van der Waals surface area contributed by atoms with E-state index in [0.29, 0.717) is 12.2 Å². The van der Waals surface area contributed by atoms with E-state index in [1.807, 2.05) is 0 Å². The number of aromatic nitrogens is 2. The van der Waals surface area contributed by atoms with Crippen molar-refractivity contribution < 1.29 is 4.52 Å². The zero-order chi connectivity index (χ0) is 9.19. The molecule has 2 N–H and O–H groups in total. The van der Waals surface area contributed by atoms with Crippen molar-refractivity contribution in [2.75, 3.05) is 5.73 Å². The Morgan fingerprint density at radius 2 is 2.33 bits per heavy atom. The molecule has 68 valence electrons. The molecule has 0 saturated carbocycles. The van der Waals surface area contributed by atoms with Gasteiger partial charge < -0.3 is 10.3 Å². The normalized spacial score (nSPS) is 11.9. The zero-order valence-corrected chi connectivity index (χ0v) is 8.65. The molecule has 0 aliphatic carbocycles. The molecule has 1 rings (SSSR count). The summed E-state index contributed by atoms with van der Waals surface area (Å²) in [6.45, 7) is 4.11. The topological polar surface area (TPSA) is 64.9 Å². The van der Waals surface area contributed by atoms with Crippen LogP contribution in [0.4, 0.5) is 6.01 Å². The van der Waals surface area contributed by atoms with E-state index in [1.165, 1.54) is 10.8 Å². The summed E-state index contributed by atoms with van der Waals surface area (Å²) in [5.41, 5.74) is 5.27. The zero-order valence-electron chi connectivity index (χ0n) is 6.94. The van der Waals surface area contributed by atoms with Crippen molar-refractivity contribution in [2.24, 2.45) is 0 Å². The van der Waals surface area contributed by atoms with Crippen molar-refractivity contribution in [1.29, 1.82) is 0 Å². The van der Waals surface area contributed by atoms with Gasteiger partial charge in [0.25, 0.3) is 0 Å². The number of nitrogens with zero attached hydrogens (tertiary/aromatic N) is 2. The summed E-state index contributed by atoms with van der Waals surface area (Å²) in [5, 5.41) is 3.69. The van der Waals surface area contributed by atoms with Crippen LogP contribution in [0, 0.1) is 0 Å². The fourth-order valence-electron chi connectivity index (χ4n) is 0.752. The molecule has 6 heteroatoms. The van der Waals surface area contributed by atoms with Gasteiger partial charge in [-0.25, -0.2) is 0 Å². The van der Waals surface area contributed by atoms with Crippen LogP contribution in [0.2, 0.25) is 0 Å². The Balaban J connectivity index is 2.63. The van der Waals surface area contributed by atoms with Crippen molar-refractivity contribution in [3.63, 3.8) is 0 Å². The summed E-state index contributed by atoms with van der Waals surface area (Å²) in [5.74, 6) is 0.624.